The first-order valence-corrected chi connectivity index (χ1v) is 7.23. The molecule has 0 radical (unpaired) electrons. The molecule has 20 heavy (non-hydrogen) atoms. The zero-order chi connectivity index (χ0) is 14.7. The minimum Gasteiger partial charge on any atom is -0.391 e. The largest absolute Gasteiger partial charge is 0.391 e. The molecule has 1 aromatic carbocycles. The molecular formula is C16H24N2O2. The van der Waals surface area contributed by atoms with Crippen LogP contribution in [0.5, 0.6) is 0 Å². The van der Waals surface area contributed by atoms with Gasteiger partial charge >= 0.3 is 0 Å². The Balaban J connectivity index is 2.15. The van der Waals surface area contributed by atoms with Crippen LogP contribution < -0.4 is 4.90 Å². The fourth-order valence-corrected chi connectivity index (χ4v) is 2.81. The molecule has 1 aliphatic rings. The Hall–Kier alpha value is -1.55. The molecule has 1 N–H and O–H groups in total. The molecule has 1 aromatic rings. The lowest BCUT2D eigenvalue weighted by Gasteiger charge is -2.35. The number of hydrogen-bond acceptors (Lipinski definition) is 3. The van der Waals surface area contributed by atoms with Gasteiger partial charge in [0.15, 0.2) is 0 Å². The average Bonchev–Trinajstić information content (AvgIpc) is 2.46. The van der Waals surface area contributed by atoms with Crippen molar-refractivity contribution in [2.45, 2.75) is 37.8 Å². The Morgan fingerprint density at radius 3 is 2.55 bits per heavy atom. The molecule has 2 atom stereocenters. The number of anilines is 1. The molecule has 1 saturated carbocycles. The van der Waals surface area contributed by atoms with Crippen LogP contribution in [-0.4, -0.2) is 49.2 Å². The molecule has 0 saturated heterocycles. The molecule has 0 heterocycles. The third-order valence-corrected chi connectivity index (χ3v) is 4.12. The molecule has 4 heteroatoms. The van der Waals surface area contributed by atoms with Gasteiger partial charge in [0.25, 0.3) is 5.91 Å². The highest BCUT2D eigenvalue weighted by molar-refractivity contribution is 5.95. The molecule has 0 aliphatic heterocycles. The fraction of sp³-hybridized carbons (Fsp3) is 0.562. The molecule has 0 aromatic heterocycles. The minimum atomic E-state index is -0.394. The number of likely N-dealkylation sites (N-methyl/N-ethyl adjacent to an activating group) is 1. The van der Waals surface area contributed by atoms with E-state index in [1.54, 1.807) is 11.9 Å². The van der Waals surface area contributed by atoms with E-state index >= 15 is 0 Å². The number of amides is 1. The van der Waals surface area contributed by atoms with Crippen LogP contribution in [0.15, 0.2) is 24.3 Å². The first-order chi connectivity index (χ1) is 9.50. The van der Waals surface area contributed by atoms with E-state index in [-0.39, 0.29) is 11.9 Å². The molecule has 0 bridgehead atoms. The van der Waals surface area contributed by atoms with E-state index in [0.717, 1.165) is 31.4 Å². The van der Waals surface area contributed by atoms with E-state index in [9.17, 15) is 9.90 Å². The van der Waals surface area contributed by atoms with E-state index < -0.39 is 6.10 Å². The lowest BCUT2D eigenvalue weighted by Crippen LogP contribution is -2.46. The highest BCUT2D eigenvalue weighted by Gasteiger charge is 2.29. The summed E-state index contributed by atoms with van der Waals surface area (Å²) in [6.45, 7) is 0. The maximum absolute atomic E-state index is 12.6. The number of carbonyl (C=O) groups is 1. The predicted octanol–water partition coefficient (Wildman–Crippen LogP) is 2.13. The maximum atomic E-state index is 12.6. The van der Waals surface area contributed by atoms with Crippen LogP contribution in [0.2, 0.25) is 0 Å². The van der Waals surface area contributed by atoms with E-state index in [2.05, 4.69) is 0 Å². The normalized spacial score (nSPS) is 22.4. The van der Waals surface area contributed by atoms with Crippen LogP contribution in [0.1, 0.15) is 36.0 Å². The Morgan fingerprint density at radius 1 is 1.20 bits per heavy atom. The van der Waals surface area contributed by atoms with Crippen LogP contribution in [0.25, 0.3) is 0 Å². The van der Waals surface area contributed by atoms with E-state index in [1.165, 1.54) is 0 Å². The van der Waals surface area contributed by atoms with Gasteiger partial charge in [-0.25, -0.2) is 0 Å². The van der Waals surface area contributed by atoms with Gasteiger partial charge in [-0.3, -0.25) is 4.79 Å². The number of aliphatic hydroxyl groups excluding tert-OH is 1. The van der Waals surface area contributed by atoms with Gasteiger partial charge in [-0.15, -0.1) is 0 Å². The zero-order valence-electron chi connectivity index (χ0n) is 12.5. The third-order valence-electron chi connectivity index (χ3n) is 4.12. The number of carbonyl (C=O) groups excluding carboxylic acids is 1. The molecular weight excluding hydrogens is 252 g/mol. The van der Waals surface area contributed by atoms with E-state index in [4.69, 9.17) is 0 Å². The van der Waals surface area contributed by atoms with Gasteiger partial charge in [-0.05, 0) is 31.0 Å². The van der Waals surface area contributed by atoms with Gasteiger partial charge < -0.3 is 14.9 Å². The molecule has 110 valence electrons. The van der Waals surface area contributed by atoms with Crippen molar-refractivity contribution in [1.82, 2.24) is 4.90 Å². The Kier molecular flexibility index (Phi) is 4.65. The summed E-state index contributed by atoms with van der Waals surface area (Å²) >= 11 is 0. The second-order valence-corrected chi connectivity index (χ2v) is 5.78. The molecule has 1 amide bonds. The summed E-state index contributed by atoms with van der Waals surface area (Å²) in [6, 6.07) is 7.55. The highest BCUT2D eigenvalue weighted by Crippen LogP contribution is 2.24. The number of benzene rings is 1. The van der Waals surface area contributed by atoms with Crippen molar-refractivity contribution in [3.05, 3.63) is 29.8 Å². The van der Waals surface area contributed by atoms with Gasteiger partial charge in [-0.2, -0.15) is 0 Å². The monoisotopic (exact) mass is 276 g/mol. The van der Waals surface area contributed by atoms with Crippen LogP contribution in [0.4, 0.5) is 5.69 Å². The van der Waals surface area contributed by atoms with Crippen LogP contribution in [0, 0.1) is 0 Å². The molecule has 2 rings (SSSR count). The van der Waals surface area contributed by atoms with Crippen molar-refractivity contribution in [3.63, 3.8) is 0 Å². The molecule has 2 unspecified atom stereocenters. The van der Waals surface area contributed by atoms with Crippen LogP contribution in [0.3, 0.4) is 0 Å². The van der Waals surface area contributed by atoms with E-state index in [0.29, 0.717) is 5.56 Å². The van der Waals surface area contributed by atoms with E-state index in [1.807, 2.05) is 43.3 Å². The Labute approximate surface area is 121 Å². The summed E-state index contributed by atoms with van der Waals surface area (Å²) in [5.74, 6) is -0.0142. The molecule has 0 spiro atoms. The maximum Gasteiger partial charge on any atom is 0.254 e. The van der Waals surface area contributed by atoms with Crippen LogP contribution in [-0.2, 0) is 0 Å². The number of hydrogen-bond donors (Lipinski definition) is 1. The van der Waals surface area contributed by atoms with Crippen LogP contribution >= 0.6 is 0 Å². The number of aliphatic hydroxyl groups is 1. The third kappa shape index (κ3) is 3.12. The van der Waals surface area contributed by atoms with Gasteiger partial charge in [-0.1, -0.05) is 18.9 Å². The van der Waals surface area contributed by atoms with Crippen molar-refractivity contribution in [2.75, 3.05) is 26.0 Å². The second kappa shape index (κ2) is 6.27. The quantitative estimate of drug-likeness (QED) is 0.919. The first kappa shape index (κ1) is 14.9. The summed E-state index contributed by atoms with van der Waals surface area (Å²) in [7, 11) is 5.71. The van der Waals surface area contributed by atoms with Crippen molar-refractivity contribution in [3.8, 4) is 0 Å². The van der Waals surface area contributed by atoms with Crippen molar-refractivity contribution in [2.24, 2.45) is 0 Å². The summed E-state index contributed by atoms with van der Waals surface area (Å²) in [5, 5.41) is 10.1. The van der Waals surface area contributed by atoms with Crippen molar-refractivity contribution >= 4 is 11.6 Å². The molecule has 4 nitrogen and oxygen atoms in total. The van der Waals surface area contributed by atoms with Gasteiger partial charge in [0.05, 0.1) is 12.1 Å². The van der Waals surface area contributed by atoms with Gasteiger partial charge in [0, 0.05) is 32.4 Å². The highest BCUT2D eigenvalue weighted by atomic mass is 16.3. The summed E-state index contributed by atoms with van der Waals surface area (Å²) in [4.78, 5) is 16.2. The van der Waals surface area contributed by atoms with Crippen molar-refractivity contribution in [1.29, 1.82) is 0 Å². The lowest BCUT2D eigenvalue weighted by molar-refractivity contribution is 0.0268. The molecule has 1 fully saturated rings. The summed E-state index contributed by atoms with van der Waals surface area (Å²) in [5.41, 5.74) is 1.69. The van der Waals surface area contributed by atoms with Gasteiger partial charge in [0.1, 0.15) is 0 Å². The average molecular weight is 276 g/mol. The standard InChI is InChI=1S/C16H24N2O2/c1-17(2)13-8-6-7-12(11-13)16(20)18(3)14-9-4-5-10-15(14)19/h6-8,11,14-15,19H,4-5,9-10H2,1-3H3. The fourth-order valence-electron chi connectivity index (χ4n) is 2.81. The predicted molar refractivity (Wildman–Crippen MR) is 81.1 cm³/mol. The summed E-state index contributed by atoms with van der Waals surface area (Å²) < 4.78 is 0. The number of nitrogens with zero attached hydrogens (tertiary/aromatic N) is 2. The minimum absolute atomic E-state index is 0.0142. The van der Waals surface area contributed by atoms with Crippen molar-refractivity contribution < 1.29 is 9.90 Å². The topological polar surface area (TPSA) is 43.8 Å². The summed E-state index contributed by atoms with van der Waals surface area (Å²) in [6.07, 6.45) is 3.42. The Morgan fingerprint density at radius 2 is 1.90 bits per heavy atom. The zero-order valence-corrected chi connectivity index (χ0v) is 12.5. The smallest absolute Gasteiger partial charge is 0.254 e. The van der Waals surface area contributed by atoms with Gasteiger partial charge in [0.2, 0.25) is 0 Å². The molecule has 1 aliphatic carbocycles. The number of rotatable bonds is 3. The SMILES string of the molecule is CN(C)c1cccc(C(=O)N(C)C2CCCCC2O)c1. The lowest BCUT2D eigenvalue weighted by atomic mass is 9.91. The Bertz CT molecular complexity index is 473. The second-order valence-electron chi connectivity index (χ2n) is 5.78. The first-order valence-electron chi connectivity index (χ1n) is 7.23.